The van der Waals surface area contributed by atoms with E-state index in [0.717, 1.165) is 43.5 Å². The number of hydrogen-bond acceptors (Lipinski definition) is 3. The van der Waals surface area contributed by atoms with Crippen molar-refractivity contribution in [3.8, 4) is 0 Å². The topological polar surface area (TPSA) is 65.6 Å². The first-order valence-electron chi connectivity index (χ1n) is 9.33. The quantitative estimate of drug-likeness (QED) is 0.805. The smallest absolute Gasteiger partial charge is 0.410 e. The number of aryl methyl sites for hydroxylation is 1. The van der Waals surface area contributed by atoms with Crippen LogP contribution in [0.3, 0.4) is 0 Å². The molecule has 1 aromatic heterocycles. The molecule has 144 valence electrons. The lowest BCUT2D eigenvalue weighted by atomic mass is 10.0. The van der Waals surface area contributed by atoms with E-state index in [1.165, 1.54) is 0 Å². The summed E-state index contributed by atoms with van der Waals surface area (Å²) in [6.45, 7) is 9.46. The van der Waals surface area contributed by atoms with Crippen molar-refractivity contribution >= 4 is 23.6 Å². The van der Waals surface area contributed by atoms with Crippen molar-refractivity contribution < 1.29 is 14.3 Å². The number of amides is 2. The van der Waals surface area contributed by atoms with Crippen molar-refractivity contribution in [1.82, 2.24) is 14.8 Å². The molecule has 1 N–H and O–H groups in total. The van der Waals surface area contributed by atoms with Gasteiger partial charge in [-0.3, -0.25) is 4.79 Å². The molecule has 6 nitrogen and oxygen atoms in total. The Kier molecular flexibility index (Phi) is 5.24. The molecule has 0 unspecified atom stereocenters. The molecule has 1 aromatic rings. The zero-order chi connectivity index (χ0) is 19.1. The number of rotatable bonds is 1. The first-order chi connectivity index (χ1) is 12.2. The van der Waals surface area contributed by atoms with Crippen LogP contribution in [0.4, 0.5) is 4.79 Å². The minimum atomic E-state index is -0.490. The van der Waals surface area contributed by atoms with Gasteiger partial charge in [-0.25, -0.2) is 4.79 Å². The predicted octanol–water partition coefficient (Wildman–Crippen LogP) is 3.76. The van der Waals surface area contributed by atoms with Gasteiger partial charge in [0, 0.05) is 36.9 Å². The Hall–Kier alpha value is -1.69. The second kappa shape index (κ2) is 7.14. The average Bonchev–Trinajstić information content (AvgIpc) is 2.74. The lowest BCUT2D eigenvalue weighted by Gasteiger charge is -2.38. The first kappa shape index (κ1) is 19.1. The van der Waals surface area contributed by atoms with Crippen molar-refractivity contribution in [2.45, 2.75) is 65.0 Å². The minimum absolute atomic E-state index is 0.0308. The van der Waals surface area contributed by atoms with Crippen LogP contribution in [0.5, 0.6) is 0 Å². The number of ether oxygens (including phenoxy) is 1. The minimum Gasteiger partial charge on any atom is -0.444 e. The Balaban J connectivity index is 1.66. The van der Waals surface area contributed by atoms with E-state index in [1.807, 2.05) is 32.6 Å². The normalized spacial score (nSPS) is 19.3. The Bertz CT molecular complexity index is 700. The fraction of sp³-hybridized carbons (Fsp3) is 0.684. The number of carbonyl (C=O) groups is 2. The van der Waals surface area contributed by atoms with Gasteiger partial charge in [0.1, 0.15) is 11.3 Å². The van der Waals surface area contributed by atoms with Crippen LogP contribution in [-0.4, -0.2) is 58.1 Å². The van der Waals surface area contributed by atoms with E-state index in [2.05, 4.69) is 4.98 Å². The van der Waals surface area contributed by atoms with Gasteiger partial charge in [-0.15, -0.1) is 0 Å². The number of nitrogens with zero attached hydrogens (tertiary/aromatic N) is 2. The number of halogens is 1. The third kappa shape index (κ3) is 3.85. The number of nitrogens with one attached hydrogen (secondary N) is 1. The third-order valence-electron chi connectivity index (χ3n) is 5.07. The van der Waals surface area contributed by atoms with Gasteiger partial charge in [-0.1, -0.05) is 11.6 Å². The Morgan fingerprint density at radius 2 is 1.88 bits per heavy atom. The van der Waals surface area contributed by atoms with Crippen molar-refractivity contribution in [2.75, 3.05) is 19.6 Å². The summed E-state index contributed by atoms with van der Waals surface area (Å²) in [5.74, 6) is 0.0308. The van der Waals surface area contributed by atoms with Gasteiger partial charge in [-0.05, 0) is 53.4 Å². The van der Waals surface area contributed by atoms with E-state index in [4.69, 9.17) is 16.3 Å². The van der Waals surface area contributed by atoms with Gasteiger partial charge < -0.3 is 19.5 Å². The van der Waals surface area contributed by atoms with E-state index in [9.17, 15) is 9.59 Å². The molecule has 0 bridgehead atoms. The van der Waals surface area contributed by atoms with E-state index in [1.54, 1.807) is 4.90 Å². The average molecular weight is 382 g/mol. The number of fused-ring (bicyclic) bond motifs is 1. The summed E-state index contributed by atoms with van der Waals surface area (Å²) in [5, 5.41) is 0.690. The summed E-state index contributed by atoms with van der Waals surface area (Å²) in [7, 11) is 0. The molecule has 1 fully saturated rings. The monoisotopic (exact) mass is 381 g/mol. The maximum Gasteiger partial charge on any atom is 0.410 e. The number of aromatic nitrogens is 1. The lowest BCUT2D eigenvalue weighted by molar-refractivity contribution is 0.0147. The highest BCUT2D eigenvalue weighted by Gasteiger charge is 2.34. The van der Waals surface area contributed by atoms with E-state index in [-0.39, 0.29) is 18.0 Å². The number of aromatic amines is 1. The van der Waals surface area contributed by atoms with Crippen LogP contribution < -0.4 is 0 Å². The van der Waals surface area contributed by atoms with Crippen LogP contribution in [0.2, 0.25) is 5.02 Å². The highest BCUT2D eigenvalue weighted by molar-refractivity contribution is 6.32. The molecule has 0 spiro atoms. The summed E-state index contributed by atoms with van der Waals surface area (Å²) < 4.78 is 5.45. The van der Waals surface area contributed by atoms with Gasteiger partial charge >= 0.3 is 6.09 Å². The Morgan fingerprint density at radius 1 is 1.23 bits per heavy atom. The van der Waals surface area contributed by atoms with Gasteiger partial charge in [0.15, 0.2) is 0 Å². The fourth-order valence-corrected chi connectivity index (χ4v) is 4.01. The third-order valence-corrected chi connectivity index (χ3v) is 5.58. The predicted molar refractivity (Wildman–Crippen MR) is 101 cm³/mol. The second-order valence-electron chi connectivity index (χ2n) is 8.22. The first-order valence-corrected chi connectivity index (χ1v) is 9.71. The molecule has 0 radical (unpaired) electrons. The molecule has 26 heavy (non-hydrogen) atoms. The van der Waals surface area contributed by atoms with Gasteiger partial charge in [0.2, 0.25) is 0 Å². The molecular formula is C19H28ClN3O3. The molecule has 2 aliphatic rings. The molecule has 0 saturated carbocycles. The van der Waals surface area contributed by atoms with Crippen molar-refractivity contribution in [2.24, 2.45) is 0 Å². The van der Waals surface area contributed by atoms with Crippen molar-refractivity contribution in [3.63, 3.8) is 0 Å². The molecule has 1 saturated heterocycles. The van der Waals surface area contributed by atoms with Crippen LogP contribution in [0, 0.1) is 6.92 Å². The standard InChI is InChI=1S/C19H28ClN3O3/c1-12-15(20)14-6-5-9-23(17(24)16(14)21-12)13-7-10-22(11-8-13)18(25)26-19(2,3)4/h13,21H,5-11H2,1-4H3. The molecule has 2 amide bonds. The summed E-state index contributed by atoms with van der Waals surface area (Å²) in [6.07, 6.45) is 2.99. The number of hydrogen-bond donors (Lipinski definition) is 1. The SMILES string of the molecule is Cc1[nH]c2c(c1Cl)CCCN(C1CCN(C(=O)OC(C)(C)C)CC1)C2=O. The number of H-pyrrole nitrogens is 1. The zero-order valence-electron chi connectivity index (χ0n) is 16.0. The Labute approximate surface area is 159 Å². The second-order valence-corrected chi connectivity index (χ2v) is 8.60. The van der Waals surface area contributed by atoms with E-state index >= 15 is 0 Å². The summed E-state index contributed by atoms with van der Waals surface area (Å²) in [5.41, 5.74) is 1.95. The summed E-state index contributed by atoms with van der Waals surface area (Å²) in [6, 6.07) is 0.148. The van der Waals surface area contributed by atoms with Gasteiger partial charge in [0.05, 0.1) is 5.02 Å². The largest absolute Gasteiger partial charge is 0.444 e. The zero-order valence-corrected chi connectivity index (χ0v) is 16.8. The molecule has 0 aliphatic carbocycles. The molecule has 3 heterocycles. The molecular weight excluding hydrogens is 354 g/mol. The highest BCUT2D eigenvalue weighted by Crippen LogP contribution is 2.31. The van der Waals surface area contributed by atoms with Crippen LogP contribution in [0.1, 0.15) is 61.8 Å². The molecule has 2 aliphatic heterocycles. The Morgan fingerprint density at radius 3 is 2.50 bits per heavy atom. The number of piperidine rings is 1. The van der Waals surface area contributed by atoms with Gasteiger partial charge in [-0.2, -0.15) is 0 Å². The van der Waals surface area contributed by atoms with Crippen LogP contribution >= 0.6 is 11.6 Å². The maximum absolute atomic E-state index is 13.0. The lowest BCUT2D eigenvalue weighted by Crippen LogP contribution is -2.49. The summed E-state index contributed by atoms with van der Waals surface area (Å²) >= 11 is 6.34. The van der Waals surface area contributed by atoms with Crippen LogP contribution in [-0.2, 0) is 11.2 Å². The van der Waals surface area contributed by atoms with Crippen molar-refractivity contribution in [1.29, 1.82) is 0 Å². The molecule has 0 atom stereocenters. The molecule has 0 aromatic carbocycles. The highest BCUT2D eigenvalue weighted by atomic mass is 35.5. The van der Waals surface area contributed by atoms with Crippen molar-refractivity contribution in [3.05, 3.63) is 22.0 Å². The molecule has 3 rings (SSSR count). The van der Waals surface area contributed by atoms with Gasteiger partial charge in [0.25, 0.3) is 5.91 Å². The maximum atomic E-state index is 13.0. The number of likely N-dealkylation sites (tertiary alicyclic amines) is 1. The number of carbonyl (C=O) groups excluding carboxylic acids is 2. The van der Waals surface area contributed by atoms with Crippen LogP contribution in [0.25, 0.3) is 0 Å². The fourth-order valence-electron chi connectivity index (χ4n) is 3.78. The van der Waals surface area contributed by atoms with E-state index in [0.29, 0.717) is 23.8 Å². The summed E-state index contributed by atoms with van der Waals surface area (Å²) in [4.78, 5) is 32.1. The van der Waals surface area contributed by atoms with E-state index < -0.39 is 5.60 Å². The molecule has 7 heteroatoms. The van der Waals surface area contributed by atoms with Crippen LogP contribution in [0.15, 0.2) is 0 Å².